The molecule has 3 aromatic rings. The third kappa shape index (κ3) is 4.31. The average molecular weight is 397 g/mol. The topological polar surface area (TPSA) is 119 Å². The van der Waals surface area contributed by atoms with E-state index in [0.29, 0.717) is 36.1 Å². The first-order chi connectivity index (χ1) is 14.1. The summed E-state index contributed by atoms with van der Waals surface area (Å²) in [7, 11) is 1.81. The van der Waals surface area contributed by atoms with Gasteiger partial charge in [0.05, 0.1) is 6.54 Å². The van der Waals surface area contributed by atoms with E-state index in [1.54, 1.807) is 22.8 Å². The lowest BCUT2D eigenvalue weighted by Gasteiger charge is -2.22. The molecule has 0 spiro atoms. The zero-order valence-electron chi connectivity index (χ0n) is 16.4. The molecule has 0 bridgehead atoms. The first kappa shape index (κ1) is 20.2. The Balaban J connectivity index is 0.000000755. The number of aryl methyl sites for hydroxylation is 1. The molecule has 0 aliphatic carbocycles. The molecule has 0 unspecified atom stereocenters. The molecule has 0 aromatic carbocycles. The van der Waals surface area contributed by atoms with Gasteiger partial charge in [-0.25, -0.2) is 9.67 Å². The third-order valence-electron chi connectivity index (χ3n) is 4.51. The molecule has 1 amide bonds. The zero-order chi connectivity index (χ0) is 20.8. The molecular formula is C19H23N7O3. The minimum atomic E-state index is -0.250. The van der Waals surface area contributed by atoms with Gasteiger partial charge >= 0.3 is 0 Å². The summed E-state index contributed by atoms with van der Waals surface area (Å²) in [5.41, 5.74) is 2.00. The van der Waals surface area contributed by atoms with Crippen molar-refractivity contribution in [1.29, 1.82) is 0 Å². The predicted molar refractivity (Wildman–Crippen MR) is 105 cm³/mol. The molecule has 29 heavy (non-hydrogen) atoms. The van der Waals surface area contributed by atoms with Crippen molar-refractivity contribution < 1.29 is 14.7 Å². The van der Waals surface area contributed by atoms with Crippen molar-refractivity contribution in [3.05, 3.63) is 36.2 Å². The van der Waals surface area contributed by atoms with Crippen molar-refractivity contribution in [3.63, 3.8) is 0 Å². The summed E-state index contributed by atoms with van der Waals surface area (Å²) in [5.74, 6) is 1.24. The summed E-state index contributed by atoms with van der Waals surface area (Å²) in [6, 6.07) is 7.48. The second-order valence-electron chi connectivity index (χ2n) is 6.52. The number of likely N-dealkylation sites (N-methyl/N-ethyl adjacent to an activating group) is 1. The van der Waals surface area contributed by atoms with E-state index in [2.05, 4.69) is 27.1 Å². The van der Waals surface area contributed by atoms with Crippen LogP contribution in [0, 0.1) is 0 Å². The molecule has 0 radical (unpaired) electrons. The van der Waals surface area contributed by atoms with Crippen molar-refractivity contribution >= 4 is 12.4 Å². The molecular weight excluding hydrogens is 374 g/mol. The highest BCUT2D eigenvalue weighted by Gasteiger charge is 2.26. The van der Waals surface area contributed by atoms with Gasteiger partial charge in [-0.05, 0) is 18.6 Å². The average Bonchev–Trinajstić information content (AvgIpc) is 3.35. The Morgan fingerprint density at radius 2 is 2.00 bits per heavy atom. The van der Waals surface area contributed by atoms with Crippen LogP contribution >= 0.6 is 0 Å². The van der Waals surface area contributed by atoms with E-state index in [0.717, 1.165) is 25.1 Å². The van der Waals surface area contributed by atoms with E-state index in [1.807, 2.05) is 28.9 Å². The van der Waals surface area contributed by atoms with Gasteiger partial charge in [-0.1, -0.05) is 19.4 Å². The van der Waals surface area contributed by atoms with Gasteiger partial charge in [0, 0.05) is 32.4 Å². The highest BCUT2D eigenvalue weighted by molar-refractivity contribution is 5.94. The molecule has 1 aliphatic rings. The molecule has 1 N–H and O–H groups in total. The molecule has 10 nitrogen and oxygen atoms in total. The Kier molecular flexibility index (Phi) is 6.32. The summed E-state index contributed by atoms with van der Waals surface area (Å²) in [5, 5.41) is 16.1. The van der Waals surface area contributed by atoms with Crippen LogP contribution in [0.5, 0.6) is 0 Å². The number of unbranched alkanes of at least 4 members (excludes halogenated alkanes) is 1. The highest BCUT2D eigenvalue weighted by Crippen LogP contribution is 2.23. The minimum Gasteiger partial charge on any atom is -0.483 e. The fourth-order valence-corrected chi connectivity index (χ4v) is 3.01. The quantitative estimate of drug-likeness (QED) is 0.652. The van der Waals surface area contributed by atoms with Crippen LogP contribution in [-0.4, -0.2) is 65.5 Å². The van der Waals surface area contributed by atoms with Gasteiger partial charge in [-0.15, -0.1) is 5.10 Å². The molecule has 4 rings (SSSR count). The monoisotopic (exact) mass is 397 g/mol. The van der Waals surface area contributed by atoms with Gasteiger partial charge < -0.3 is 10.0 Å². The Morgan fingerprint density at radius 3 is 2.69 bits per heavy atom. The molecule has 3 aromatic heterocycles. The molecule has 1 aliphatic heterocycles. The highest BCUT2D eigenvalue weighted by atomic mass is 16.3. The summed E-state index contributed by atoms with van der Waals surface area (Å²) in [6.07, 6.45) is 3.78. The Bertz CT molecular complexity index is 981. The Morgan fingerprint density at radius 1 is 1.21 bits per heavy atom. The minimum absolute atomic E-state index is 0.0143. The number of hydrogen-bond acceptors (Lipinski definition) is 6. The largest absolute Gasteiger partial charge is 0.483 e. The summed E-state index contributed by atoms with van der Waals surface area (Å²) in [4.78, 5) is 31.4. The van der Waals surface area contributed by atoms with Gasteiger partial charge in [0.1, 0.15) is 17.1 Å². The number of aromatic nitrogens is 6. The number of nitrogens with zero attached hydrogens (tertiary/aromatic N) is 7. The van der Waals surface area contributed by atoms with Gasteiger partial charge in [0.15, 0.2) is 11.6 Å². The number of amides is 1. The molecule has 0 fully saturated rings. The SMILES string of the molecule is CCCCn1nc(-c2ccccn2)nc1-c1cc2n(n1)CCN(C)C2=O.O=CO. The zero-order valence-corrected chi connectivity index (χ0v) is 16.4. The number of fused-ring (bicyclic) bond motifs is 1. The van der Waals surface area contributed by atoms with Crippen molar-refractivity contribution in [2.75, 3.05) is 13.6 Å². The standard InChI is InChI=1S/C18H21N7O.CH2O2/c1-3-4-9-25-17(20-16(22-25)13-7-5-6-8-19-13)14-12-15-18(26)23(2)10-11-24(15)21-14;2-1-3/h5-8,12H,3-4,9-11H2,1-2H3;1H,(H,2,3). The lowest BCUT2D eigenvalue weighted by molar-refractivity contribution is -0.122. The van der Waals surface area contributed by atoms with E-state index in [9.17, 15) is 4.79 Å². The van der Waals surface area contributed by atoms with E-state index in [4.69, 9.17) is 9.90 Å². The second-order valence-corrected chi connectivity index (χ2v) is 6.52. The lowest BCUT2D eigenvalue weighted by Crippen LogP contribution is -2.37. The van der Waals surface area contributed by atoms with Crippen LogP contribution in [0.15, 0.2) is 30.5 Å². The number of pyridine rings is 1. The first-order valence-electron chi connectivity index (χ1n) is 9.36. The van der Waals surface area contributed by atoms with Gasteiger partial charge in [-0.2, -0.15) is 5.10 Å². The predicted octanol–water partition coefficient (Wildman–Crippen LogP) is 1.79. The number of carbonyl (C=O) groups is 2. The Hall–Kier alpha value is -3.56. The summed E-state index contributed by atoms with van der Waals surface area (Å²) >= 11 is 0. The normalized spacial score (nSPS) is 12.9. The number of carboxylic acid groups (broad SMARTS) is 1. The van der Waals surface area contributed by atoms with Gasteiger partial charge in [0.2, 0.25) is 0 Å². The van der Waals surface area contributed by atoms with Crippen LogP contribution in [0.1, 0.15) is 30.3 Å². The van der Waals surface area contributed by atoms with Crippen LogP contribution in [0.25, 0.3) is 23.0 Å². The number of hydrogen-bond donors (Lipinski definition) is 1. The maximum absolute atomic E-state index is 12.4. The van der Waals surface area contributed by atoms with E-state index in [1.165, 1.54) is 0 Å². The Labute approximate surface area is 167 Å². The third-order valence-corrected chi connectivity index (χ3v) is 4.51. The maximum atomic E-state index is 12.4. The molecule has 10 heteroatoms. The molecule has 0 saturated carbocycles. The van der Waals surface area contributed by atoms with Crippen molar-refractivity contribution in [2.45, 2.75) is 32.9 Å². The summed E-state index contributed by atoms with van der Waals surface area (Å²) < 4.78 is 3.63. The van der Waals surface area contributed by atoms with Crippen molar-refractivity contribution in [3.8, 4) is 23.0 Å². The smallest absolute Gasteiger partial charge is 0.290 e. The summed E-state index contributed by atoms with van der Waals surface area (Å²) in [6.45, 7) is 3.99. The van der Waals surface area contributed by atoms with E-state index >= 15 is 0 Å². The van der Waals surface area contributed by atoms with Crippen LogP contribution in [-0.2, 0) is 17.9 Å². The van der Waals surface area contributed by atoms with E-state index < -0.39 is 0 Å². The first-order valence-corrected chi connectivity index (χ1v) is 9.36. The van der Waals surface area contributed by atoms with Crippen LogP contribution in [0.3, 0.4) is 0 Å². The fraction of sp³-hybridized carbons (Fsp3) is 0.368. The number of carbonyl (C=O) groups excluding carboxylic acids is 1. The fourth-order valence-electron chi connectivity index (χ4n) is 3.01. The molecule has 0 saturated heterocycles. The molecule has 152 valence electrons. The van der Waals surface area contributed by atoms with Gasteiger partial charge in [0.25, 0.3) is 12.4 Å². The van der Waals surface area contributed by atoms with Crippen LogP contribution < -0.4 is 0 Å². The molecule has 4 heterocycles. The second kappa shape index (κ2) is 9.09. The van der Waals surface area contributed by atoms with Crippen molar-refractivity contribution in [1.82, 2.24) is 34.4 Å². The maximum Gasteiger partial charge on any atom is 0.290 e. The number of rotatable bonds is 5. The lowest BCUT2D eigenvalue weighted by atomic mass is 10.2. The van der Waals surface area contributed by atoms with Crippen LogP contribution in [0.4, 0.5) is 0 Å². The molecule has 0 atom stereocenters. The van der Waals surface area contributed by atoms with E-state index in [-0.39, 0.29) is 12.4 Å². The van der Waals surface area contributed by atoms with Crippen LogP contribution in [0.2, 0.25) is 0 Å². The van der Waals surface area contributed by atoms with Gasteiger partial charge in [-0.3, -0.25) is 19.3 Å². The van der Waals surface area contributed by atoms with Crippen molar-refractivity contribution in [2.24, 2.45) is 0 Å².